The summed E-state index contributed by atoms with van der Waals surface area (Å²) in [5.74, 6) is 1.42. The first-order valence-corrected chi connectivity index (χ1v) is 8.18. The molecule has 1 heterocycles. The Kier molecular flexibility index (Phi) is 4.39. The van der Waals surface area contributed by atoms with Crippen LogP contribution in [0, 0.1) is 5.92 Å². The van der Waals surface area contributed by atoms with Gasteiger partial charge in [-0.3, -0.25) is 4.79 Å². The molecule has 0 unspecified atom stereocenters. The van der Waals surface area contributed by atoms with Gasteiger partial charge in [-0.1, -0.05) is 49.6 Å². The van der Waals surface area contributed by atoms with Crippen molar-refractivity contribution in [1.82, 2.24) is 4.90 Å². The highest BCUT2D eigenvalue weighted by Gasteiger charge is 2.29. The molecule has 0 atom stereocenters. The van der Waals surface area contributed by atoms with E-state index in [1.54, 1.807) is 0 Å². The van der Waals surface area contributed by atoms with Crippen LogP contribution in [0.15, 0.2) is 30.3 Å². The molecule has 0 aromatic heterocycles. The third kappa shape index (κ3) is 3.05. The molecule has 1 saturated heterocycles. The van der Waals surface area contributed by atoms with Gasteiger partial charge in [-0.25, -0.2) is 0 Å². The summed E-state index contributed by atoms with van der Waals surface area (Å²) in [6.45, 7) is 1.91. The number of hydrogen-bond donors (Lipinski definition) is 0. The van der Waals surface area contributed by atoms with Gasteiger partial charge in [-0.05, 0) is 37.2 Å². The molecule has 108 valence electrons. The molecule has 1 aromatic carbocycles. The Balaban J connectivity index is 1.54. The summed E-state index contributed by atoms with van der Waals surface area (Å²) >= 11 is 0. The van der Waals surface area contributed by atoms with Crippen LogP contribution in [0.25, 0.3) is 0 Å². The highest BCUT2D eigenvalue weighted by Crippen LogP contribution is 2.31. The van der Waals surface area contributed by atoms with Crippen molar-refractivity contribution in [3.63, 3.8) is 0 Å². The molecule has 3 rings (SSSR count). The van der Waals surface area contributed by atoms with Gasteiger partial charge in [0, 0.05) is 19.0 Å². The van der Waals surface area contributed by atoms with Crippen LogP contribution in [0.1, 0.15) is 56.4 Å². The first-order chi connectivity index (χ1) is 9.84. The zero-order valence-corrected chi connectivity index (χ0v) is 12.3. The molecule has 0 spiro atoms. The number of benzene rings is 1. The quantitative estimate of drug-likeness (QED) is 0.797. The maximum Gasteiger partial charge on any atom is 0.225 e. The van der Waals surface area contributed by atoms with E-state index in [-0.39, 0.29) is 0 Å². The number of rotatable bonds is 2. The van der Waals surface area contributed by atoms with Crippen LogP contribution in [0.5, 0.6) is 0 Å². The average Bonchev–Trinajstić information content (AvgIpc) is 2.56. The topological polar surface area (TPSA) is 20.3 Å². The van der Waals surface area contributed by atoms with Crippen LogP contribution in [0.4, 0.5) is 0 Å². The van der Waals surface area contributed by atoms with E-state index in [1.165, 1.54) is 24.8 Å². The molecule has 2 heteroatoms. The zero-order valence-electron chi connectivity index (χ0n) is 12.3. The van der Waals surface area contributed by atoms with Gasteiger partial charge >= 0.3 is 0 Å². The van der Waals surface area contributed by atoms with Crippen LogP contribution in [-0.2, 0) is 4.79 Å². The van der Waals surface area contributed by atoms with Crippen LogP contribution in [0.3, 0.4) is 0 Å². The molecule has 1 amide bonds. The molecule has 0 bridgehead atoms. The van der Waals surface area contributed by atoms with Crippen LogP contribution in [0.2, 0.25) is 0 Å². The summed E-state index contributed by atoms with van der Waals surface area (Å²) in [7, 11) is 0. The Morgan fingerprint density at radius 3 is 2.20 bits per heavy atom. The molecule has 1 aliphatic carbocycles. The van der Waals surface area contributed by atoms with Crippen molar-refractivity contribution in [3.8, 4) is 0 Å². The number of piperidine rings is 1. The summed E-state index contributed by atoms with van der Waals surface area (Å²) < 4.78 is 0. The zero-order chi connectivity index (χ0) is 13.8. The van der Waals surface area contributed by atoms with Crippen molar-refractivity contribution in [2.24, 2.45) is 5.92 Å². The minimum Gasteiger partial charge on any atom is -0.342 e. The van der Waals surface area contributed by atoms with E-state index < -0.39 is 0 Å². The van der Waals surface area contributed by atoms with E-state index in [9.17, 15) is 4.79 Å². The fourth-order valence-corrected chi connectivity index (χ4v) is 3.77. The number of likely N-dealkylation sites (tertiary alicyclic amines) is 1. The Morgan fingerprint density at radius 2 is 1.55 bits per heavy atom. The number of amides is 1. The second-order valence-electron chi connectivity index (χ2n) is 6.35. The lowest BCUT2D eigenvalue weighted by Crippen LogP contribution is -2.41. The van der Waals surface area contributed by atoms with Gasteiger partial charge in [0.15, 0.2) is 0 Å². The molecule has 1 aliphatic heterocycles. The smallest absolute Gasteiger partial charge is 0.225 e. The molecular weight excluding hydrogens is 246 g/mol. The van der Waals surface area contributed by atoms with Gasteiger partial charge in [0.2, 0.25) is 5.91 Å². The summed E-state index contributed by atoms with van der Waals surface area (Å²) in [6, 6.07) is 10.8. The first kappa shape index (κ1) is 13.7. The van der Waals surface area contributed by atoms with E-state index in [4.69, 9.17) is 0 Å². The van der Waals surface area contributed by atoms with Gasteiger partial charge < -0.3 is 4.90 Å². The number of nitrogens with zero attached hydrogens (tertiary/aromatic N) is 1. The van der Waals surface area contributed by atoms with Crippen molar-refractivity contribution in [1.29, 1.82) is 0 Å². The highest BCUT2D eigenvalue weighted by atomic mass is 16.2. The maximum absolute atomic E-state index is 12.5. The van der Waals surface area contributed by atoms with E-state index in [2.05, 4.69) is 35.2 Å². The maximum atomic E-state index is 12.5. The normalized spacial score (nSPS) is 21.9. The van der Waals surface area contributed by atoms with Crippen molar-refractivity contribution in [2.75, 3.05) is 13.1 Å². The summed E-state index contributed by atoms with van der Waals surface area (Å²) in [6.07, 6.45) is 8.31. The number of carbonyl (C=O) groups excluding carboxylic acids is 1. The molecule has 2 nitrogen and oxygen atoms in total. The average molecular weight is 271 g/mol. The molecular formula is C18H25NO. The first-order valence-electron chi connectivity index (χ1n) is 8.18. The fourth-order valence-electron chi connectivity index (χ4n) is 3.77. The monoisotopic (exact) mass is 271 g/mol. The van der Waals surface area contributed by atoms with Gasteiger partial charge in [0.1, 0.15) is 0 Å². The van der Waals surface area contributed by atoms with Crippen molar-refractivity contribution < 1.29 is 4.79 Å². The minimum atomic E-state index is 0.331. The second-order valence-corrected chi connectivity index (χ2v) is 6.35. The van der Waals surface area contributed by atoms with Gasteiger partial charge in [-0.2, -0.15) is 0 Å². The fraction of sp³-hybridized carbons (Fsp3) is 0.611. The Hall–Kier alpha value is -1.31. The third-order valence-corrected chi connectivity index (χ3v) is 5.03. The van der Waals surface area contributed by atoms with E-state index in [0.29, 0.717) is 17.7 Å². The number of hydrogen-bond acceptors (Lipinski definition) is 1. The highest BCUT2D eigenvalue weighted by molar-refractivity contribution is 5.79. The molecule has 1 aromatic rings. The molecule has 0 N–H and O–H groups in total. The predicted octanol–water partition coefficient (Wildman–Crippen LogP) is 3.97. The van der Waals surface area contributed by atoms with Crippen LogP contribution in [-0.4, -0.2) is 23.9 Å². The second kappa shape index (κ2) is 6.43. The van der Waals surface area contributed by atoms with Crippen molar-refractivity contribution in [3.05, 3.63) is 35.9 Å². The summed E-state index contributed by atoms with van der Waals surface area (Å²) in [5.41, 5.74) is 1.44. The summed E-state index contributed by atoms with van der Waals surface area (Å²) in [4.78, 5) is 14.7. The molecule has 20 heavy (non-hydrogen) atoms. The van der Waals surface area contributed by atoms with Crippen molar-refractivity contribution in [2.45, 2.75) is 50.9 Å². The third-order valence-electron chi connectivity index (χ3n) is 5.03. The molecule has 2 aliphatic rings. The minimum absolute atomic E-state index is 0.331. The van der Waals surface area contributed by atoms with E-state index in [1.807, 2.05) is 0 Å². The Bertz CT molecular complexity index is 428. The lowest BCUT2D eigenvalue weighted by Gasteiger charge is -2.35. The number of carbonyl (C=O) groups is 1. The standard InChI is InChI=1S/C18H25NO/c20-18(17-9-5-2-6-10-17)19-13-11-16(12-14-19)15-7-3-1-4-8-15/h1,3-4,7-8,16-17H,2,5-6,9-14H2. The van der Waals surface area contributed by atoms with Crippen molar-refractivity contribution >= 4 is 5.91 Å². The largest absolute Gasteiger partial charge is 0.342 e. The van der Waals surface area contributed by atoms with Gasteiger partial charge in [0.05, 0.1) is 0 Å². The van der Waals surface area contributed by atoms with E-state index in [0.717, 1.165) is 38.8 Å². The Morgan fingerprint density at radius 1 is 0.900 bits per heavy atom. The van der Waals surface area contributed by atoms with Crippen LogP contribution >= 0.6 is 0 Å². The van der Waals surface area contributed by atoms with Gasteiger partial charge in [0.25, 0.3) is 0 Å². The summed E-state index contributed by atoms with van der Waals surface area (Å²) in [5, 5.41) is 0. The molecule has 0 radical (unpaired) electrons. The lowest BCUT2D eigenvalue weighted by atomic mass is 9.86. The SMILES string of the molecule is O=C(C1CCCCC1)N1CCC(c2ccccc2)CC1. The lowest BCUT2D eigenvalue weighted by molar-refractivity contribution is -0.137. The van der Waals surface area contributed by atoms with Crippen LogP contribution < -0.4 is 0 Å². The molecule has 1 saturated carbocycles. The predicted molar refractivity (Wildman–Crippen MR) is 81.6 cm³/mol. The van der Waals surface area contributed by atoms with Gasteiger partial charge in [-0.15, -0.1) is 0 Å². The molecule has 2 fully saturated rings. The Labute approximate surface area is 122 Å². The van der Waals surface area contributed by atoms with E-state index >= 15 is 0 Å².